The number of nitrogens with one attached hydrogen (secondary N) is 1. The average Bonchev–Trinajstić information content (AvgIpc) is 2.86. The fourth-order valence-corrected chi connectivity index (χ4v) is 2.76. The van der Waals surface area contributed by atoms with Gasteiger partial charge in [-0.2, -0.15) is 0 Å². The molecule has 0 saturated carbocycles. The molecule has 7 heteroatoms. The molecule has 2 rings (SSSR count). The van der Waals surface area contributed by atoms with Crippen molar-refractivity contribution in [1.82, 2.24) is 14.9 Å². The maximum Gasteiger partial charge on any atom is 0.264 e. The van der Waals surface area contributed by atoms with Gasteiger partial charge in [-0.3, -0.25) is 4.79 Å². The number of nitrogens with zero attached hydrogens (tertiary/aromatic N) is 2. The number of aryl methyl sites for hydroxylation is 1. The fourth-order valence-electron chi connectivity index (χ4n) is 2.19. The molecule has 0 bridgehead atoms. The van der Waals surface area contributed by atoms with E-state index >= 15 is 0 Å². The van der Waals surface area contributed by atoms with Crippen LogP contribution in [0.4, 0.5) is 0 Å². The molecule has 0 aromatic carbocycles. The molecule has 19 heavy (non-hydrogen) atoms. The molecule has 1 aromatic heterocycles. The number of aliphatic hydroxyl groups is 1. The lowest BCUT2D eigenvalue weighted by molar-refractivity contribution is 0.00528. The van der Waals surface area contributed by atoms with E-state index in [1.165, 1.54) is 0 Å². The first-order valence-corrected chi connectivity index (χ1v) is 7.29. The van der Waals surface area contributed by atoms with Gasteiger partial charge in [-0.05, 0) is 43.6 Å². The second-order valence-electron chi connectivity index (χ2n) is 4.75. The minimum Gasteiger partial charge on any atom is -0.393 e. The van der Waals surface area contributed by atoms with Crippen LogP contribution in [-0.2, 0) is 4.74 Å². The Morgan fingerprint density at radius 2 is 2.32 bits per heavy atom. The predicted octanol–water partition coefficient (Wildman–Crippen LogP) is 0.754. The van der Waals surface area contributed by atoms with E-state index in [4.69, 9.17) is 4.74 Å². The highest BCUT2D eigenvalue weighted by molar-refractivity contribution is 7.07. The Balaban J connectivity index is 1.71. The highest BCUT2D eigenvalue weighted by Gasteiger charge is 2.22. The number of hydrogen-bond acceptors (Lipinski definition) is 6. The fraction of sp³-hybridized carbons (Fsp3) is 0.750. The summed E-state index contributed by atoms with van der Waals surface area (Å²) in [6.45, 7) is 3.67. The summed E-state index contributed by atoms with van der Waals surface area (Å²) in [5.41, 5.74) is 0.646. The van der Waals surface area contributed by atoms with Crippen molar-refractivity contribution >= 4 is 17.4 Å². The Labute approximate surface area is 116 Å². The SMILES string of the molecule is Cc1nnsc1C(=O)NCC[C@H](O)C1CCOCC1. The molecule has 0 aliphatic carbocycles. The molecule has 0 unspecified atom stereocenters. The third kappa shape index (κ3) is 3.95. The average molecular weight is 285 g/mol. The number of aromatic nitrogens is 2. The lowest BCUT2D eigenvalue weighted by atomic mass is 9.92. The van der Waals surface area contributed by atoms with Crippen LogP contribution in [0.2, 0.25) is 0 Å². The lowest BCUT2D eigenvalue weighted by Gasteiger charge is -2.26. The molecule has 6 nitrogen and oxygen atoms in total. The summed E-state index contributed by atoms with van der Waals surface area (Å²) in [5, 5.41) is 16.6. The first-order chi connectivity index (χ1) is 9.18. The topological polar surface area (TPSA) is 84.3 Å². The van der Waals surface area contributed by atoms with Gasteiger partial charge in [0.25, 0.3) is 5.91 Å². The summed E-state index contributed by atoms with van der Waals surface area (Å²) in [4.78, 5) is 12.3. The first kappa shape index (κ1) is 14.4. The van der Waals surface area contributed by atoms with Crippen molar-refractivity contribution in [1.29, 1.82) is 0 Å². The third-order valence-corrected chi connectivity index (χ3v) is 4.22. The van der Waals surface area contributed by atoms with Crippen molar-refractivity contribution in [2.24, 2.45) is 5.92 Å². The van der Waals surface area contributed by atoms with Crippen molar-refractivity contribution in [3.8, 4) is 0 Å². The number of ether oxygens (including phenoxy) is 1. The Morgan fingerprint density at radius 3 is 2.95 bits per heavy atom. The summed E-state index contributed by atoms with van der Waals surface area (Å²) >= 11 is 1.09. The molecule has 1 aliphatic rings. The van der Waals surface area contributed by atoms with Gasteiger partial charge in [-0.25, -0.2) is 0 Å². The minimum atomic E-state index is -0.370. The van der Waals surface area contributed by atoms with Gasteiger partial charge in [0.2, 0.25) is 0 Å². The maximum atomic E-state index is 11.8. The molecule has 1 saturated heterocycles. The van der Waals surface area contributed by atoms with Gasteiger partial charge in [0.1, 0.15) is 4.88 Å². The van der Waals surface area contributed by atoms with Gasteiger partial charge in [0, 0.05) is 19.8 Å². The van der Waals surface area contributed by atoms with Crippen molar-refractivity contribution in [2.45, 2.75) is 32.3 Å². The number of rotatable bonds is 5. The molecular formula is C12H19N3O3S. The predicted molar refractivity (Wildman–Crippen MR) is 71.1 cm³/mol. The van der Waals surface area contributed by atoms with Crippen LogP contribution in [0.25, 0.3) is 0 Å². The Kier molecular flexibility index (Phi) is 5.24. The van der Waals surface area contributed by atoms with Crippen LogP contribution in [0.15, 0.2) is 0 Å². The van der Waals surface area contributed by atoms with Crippen LogP contribution in [0.3, 0.4) is 0 Å². The minimum absolute atomic E-state index is 0.160. The maximum absolute atomic E-state index is 11.8. The molecule has 2 heterocycles. The van der Waals surface area contributed by atoms with Crippen LogP contribution < -0.4 is 5.32 Å². The summed E-state index contributed by atoms with van der Waals surface area (Å²) in [7, 11) is 0. The van der Waals surface area contributed by atoms with Gasteiger partial charge in [-0.1, -0.05) is 4.49 Å². The van der Waals surface area contributed by atoms with E-state index in [0.717, 1.165) is 37.6 Å². The molecule has 0 spiro atoms. The second kappa shape index (κ2) is 6.93. The normalized spacial score (nSPS) is 18.2. The number of carbonyl (C=O) groups is 1. The van der Waals surface area contributed by atoms with Crippen LogP contribution in [0.1, 0.15) is 34.6 Å². The second-order valence-corrected chi connectivity index (χ2v) is 5.50. The zero-order valence-corrected chi connectivity index (χ0v) is 11.8. The Morgan fingerprint density at radius 1 is 1.58 bits per heavy atom. The quantitative estimate of drug-likeness (QED) is 0.834. The standard InChI is InChI=1S/C12H19N3O3S/c1-8-11(19-15-14-8)12(17)13-5-2-10(16)9-3-6-18-7-4-9/h9-10,16H,2-7H2,1H3,(H,13,17)/t10-/m0/s1. The molecule has 1 amide bonds. The van der Waals surface area contributed by atoms with Crippen LogP contribution >= 0.6 is 11.5 Å². The van der Waals surface area contributed by atoms with Crippen molar-refractivity contribution < 1.29 is 14.6 Å². The Hall–Kier alpha value is -1.05. The molecular weight excluding hydrogens is 266 g/mol. The van der Waals surface area contributed by atoms with E-state index < -0.39 is 0 Å². The highest BCUT2D eigenvalue weighted by Crippen LogP contribution is 2.20. The third-order valence-electron chi connectivity index (χ3n) is 3.39. The van der Waals surface area contributed by atoms with Gasteiger partial charge >= 0.3 is 0 Å². The Bertz CT molecular complexity index is 418. The highest BCUT2D eigenvalue weighted by atomic mass is 32.1. The van der Waals surface area contributed by atoms with E-state index in [9.17, 15) is 9.90 Å². The molecule has 1 atom stereocenters. The summed E-state index contributed by atoms with van der Waals surface area (Å²) < 4.78 is 8.99. The zero-order valence-electron chi connectivity index (χ0n) is 11.0. The molecule has 106 valence electrons. The van der Waals surface area contributed by atoms with E-state index in [0.29, 0.717) is 23.5 Å². The van der Waals surface area contributed by atoms with Crippen LogP contribution in [-0.4, -0.2) is 46.5 Å². The number of amides is 1. The van der Waals surface area contributed by atoms with Crippen molar-refractivity contribution in [3.05, 3.63) is 10.6 Å². The molecule has 2 N–H and O–H groups in total. The van der Waals surface area contributed by atoms with Gasteiger partial charge in [0.15, 0.2) is 0 Å². The number of aliphatic hydroxyl groups excluding tert-OH is 1. The zero-order chi connectivity index (χ0) is 13.7. The van der Waals surface area contributed by atoms with E-state index in [2.05, 4.69) is 14.9 Å². The van der Waals surface area contributed by atoms with Crippen LogP contribution in [0, 0.1) is 12.8 Å². The lowest BCUT2D eigenvalue weighted by Crippen LogP contribution is -2.32. The van der Waals surface area contributed by atoms with E-state index in [1.54, 1.807) is 6.92 Å². The largest absolute Gasteiger partial charge is 0.393 e. The molecule has 1 aromatic rings. The molecule has 0 radical (unpaired) electrons. The van der Waals surface area contributed by atoms with E-state index in [1.807, 2.05) is 0 Å². The summed E-state index contributed by atoms with van der Waals surface area (Å²) in [6.07, 6.45) is 1.99. The summed E-state index contributed by atoms with van der Waals surface area (Å²) in [5.74, 6) is 0.129. The van der Waals surface area contributed by atoms with Crippen LogP contribution in [0.5, 0.6) is 0 Å². The number of hydrogen-bond donors (Lipinski definition) is 2. The molecule has 1 fully saturated rings. The smallest absolute Gasteiger partial charge is 0.264 e. The van der Waals surface area contributed by atoms with Gasteiger partial charge in [0.05, 0.1) is 11.8 Å². The first-order valence-electron chi connectivity index (χ1n) is 6.51. The van der Waals surface area contributed by atoms with Crippen molar-refractivity contribution in [3.63, 3.8) is 0 Å². The van der Waals surface area contributed by atoms with Gasteiger partial charge < -0.3 is 15.2 Å². The molecule has 1 aliphatic heterocycles. The van der Waals surface area contributed by atoms with E-state index in [-0.39, 0.29) is 17.9 Å². The summed E-state index contributed by atoms with van der Waals surface area (Å²) in [6, 6.07) is 0. The number of carbonyl (C=O) groups excluding carboxylic acids is 1. The van der Waals surface area contributed by atoms with Crippen molar-refractivity contribution in [2.75, 3.05) is 19.8 Å². The monoisotopic (exact) mass is 285 g/mol. The van der Waals surface area contributed by atoms with Gasteiger partial charge in [-0.15, -0.1) is 5.10 Å².